The Morgan fingerprint density at radius 1 is 1.32 bits per heavy atom. The van der Waals surface area contributed by atoms with Crippen molar-refractivity contribution in [1.82, 2.24) is 35.2 Å². The minimum absolute atomic E-state index is 0.187. The fraction of sp³-hybridized carbons (Fsp3) is 0.190. The van der Waals surface area contributed by atoms with Gasteiger partial charge in [0.05, 0.1) is 23.8 Å². The lowest BCUT2D eigenvalue weighted by molar-refractivity contribution is 0.0955. The highest BCUT2D eigenvalue weighted by Gasteiger charge is 2.19. The average molecular weight is 436 g/mol. The fourth-order valence-corrected chi connectivity index (χ4v) is 3.61. The summed E-state index contributed by atoms with van der Waals surface area (Å²) < 4.78 is 6.73. The molecule has 4 heterocycles. The molecule has 0 bridgehead atoms. The van der Waals surface area contributed by atoms with Crippen LogP contribution in [-0.2, 0) is 6.54 Å². The molecule has 0 spiro atoms. The van der Waals surface area contributed by atoms with E-state index in [0.29, 0.717) is 46.2 Å². The van der Waals surface area contributed by atoms with Crippen molar-refractivity contribution in [3.8, 4) is 11.4 Å². The van der Waals surface area contributed by atoms with Crippen LogP contribution in [0.15, 0.2) is 47.4 Å². The van der Waals surface area contributed by atoms with E-state index in [1.807, 2.05) is 19.1 Å². The molecule has 31 heavy (non-hydrogen) atoms. The topological polar surface area (TPSA) is 115 Å². The highest BCUT2D eigenvalue weighted by atomic mass is 35.5. The first-order chi connectivity index (χ1) is 15.1. The predicted molar refractivity (Wildman–Crippen MR) is 116 cm³/mol. The molecule has 5 aromatic rings. The van der Waals surface area contributed by atoms with Crippen molar-refractivity contribution < 1.29 is 9.32 Å². The maximum absolute atomic E-state index is 12.5. The van der Waals surface area contributed by atoms with E-state index in [4.69, 9.17) is 26.2 Å². The Morgan fingerprint density at radius 2 is 2.23 bits per heavy atom. The van der Waals surface area contributed by atoms with E-state index in [-0.39, 0.29) is 5.91 Å². The standard InChI is InChI=1S/C21H18ClN7O2/c1-2-6-23-21(30)15-9-24-20-19(15)26-16(10-25-20)18-14-4-3-12(22)8-17(14)29(27-18)11-13-5-7-31-28-13/h3-5,7-10H,2,6,11H2,1H3,(H,23,30)(H,24,25). The van der Waals surface area contributed by atoms with Crippen LogP contribution in [0.3, 0.4) is 0 Å². The van der Waals surface area contributed by atoms with Gasteiger partial charge in [-0.3, -0.25) is 9.48 Å². The number of hydrogen-bond donors (Lipinski definition) is 2. The van der Waals surface area contributed by atoms with E-state index >= 15 is 0 Å². The summed E-state index contributed by atoms with van der Waals surface area (Å²) in [4.78, 5) is 24.7. The number of carbonyl (C=O) groups excluding carboxylic acids is 1. The van der Waals surface area contributed by atoms with E-state index in [9.17, 15) is 4.79 Å². The number of aromatic amines is 1. The quantitative estimate of drug-likeness (QED) is 0.419. The monoisotopic (exact) mass is 435 g/mol. The second-order valence-electron chi connectivity index (χ2n) is 7.07. The van der Waals surface area contributed by atoms with Crippen molar-refractivity contribution in [2.75, 3.05) is 6.54 Å². The summed E-state index contributed by atoms with van der Waals surface area (Å²) in [6.07, 6.45) is 5.64. The van der Waals surface area contributed by atoms with Gasteiger partial charge in [-0.15, -0.1) is 0 Å². The first-order valence-corrected chi connectivity index (χ1v) is 10.2. The summed E-state index contributed by atoms with van der Waals surface area (Å²) in [6.45, 7) is 3.01. The highest BCUT2D eigenvalue weighted by Crippen LogP contribution is 2.30. The molecule has 0 fully saturated rings. The van der Waals surface area contributed by atoms with Gasteiger partial charge in [-0.1, -0.05) is 23.7 Å². The van der Waals surface area contributed by atoms with Gasteiger partial charge < -0.3 is 14.8 Å². The van der Waals surface area contributed by atoms with Crippen LogP contribution in [0.1, 0.15) is 29.4 Å². The second-order valence-corrected chi connectivity index (χ2v) is 7.51. The van der Waals surface area contributed by atoms with Crippen molar-refractivity contribution in [3.05, 3.63) is 59.2 Å². The van der Waals surface area contributed by atoms with Crippen molar-refractivity contribution in [3.63, 3.8) is 0 Å². The molecule has 2 N–H and O–H groups in total. The van der Waals surface area contributed by atoms with Crippen molar-refractivity contribution >= 4 is 39.6 Å². The number of carbonyl (C=O) groups is 1. The number of nitrogens with one attached hydrogen (secondary N) is 2. The van der Waals surface area contributed by atoms with Gasteiger partial charge in [0, 0.05) is 29.2 Å². The number of hydrogen-bond acceptors (Lipinski definition) is 6. The van der Waals surface area contributed by atoms with E-state index in [0.717, 1.165) is 23.0 Å². The van der Waals surface area contributed by atoms with Gasteiger partial charge >= 0.3 is 0 Å². The minimum atomic E-state index is -0.187. The number of nitrogens with zero attached hydrogens (tertiary/aromatic N) is 5. The molecule has 0 saturated heterocycles. The fourth-order valence-electron chi connectivity index (χ4n) is 3.44. The van der Waals surface area contributed by atoms with Crippen LogP contribution >= 0.6 is 11.6 Å². The summed E-state index contributed by atoms with van der Waals surface area (Å²) in [5.74, 6) is -0.187. The molecular formula is C21H18ClN7O2. The van der Waals surface area contributed by atoms with Crippen molar-refractivity contribution in [2.45, 2.75) is 19.9 Å². The van der Waals surface area contributed by atoms with Gasteiger partial charge in [0.25, 0.3) is 5.91 Å². The van der Waals surface area contributed by atoms with Gasteiger partial charge in [-0.2, -0.15) is 5.10 Å². The summed E-state index contributed by atoms with van der Waals surface area (Å²) in [6, 6.07) is 7.34. The van der Waals surface area contributed by atoms with Crippen LogP contribution in [0.25, 0.3) is 33.5 Å². The Kier molecular flexibility index (Phi) is 4.87. The Labute approximate surface area is 181 Å². The summed E-state index contributed by atoms with van der Waals surface area (Å²) in [5.41, 5.74) is 4.26. The molecule has 0 aliphatic carbocycles. The third-order valence-electron chi connectivity index (χ3n) is 4.92. The third kappa shape index (κ3) is 3.53. The van der Waals surface area contributed by atoms with Crippen molar-refractivity contribution in [1.29, 1.82) is 0 Å². The van der Waals surface area contributed by atoms with Crippen LogP contribution < -0.4 is 5.32 Å². The largest absolute Gasteiger partial charge is 0.364 e. The number of benzene rings is 1. The van der Waals surface area contributed by atoms with Gasteiger partial charge in [0.2, 0.25) is 0 Å². The highest BCUT2D eigenvalue weighted by molar-refractivity contribution is 6.31. The SMILES string of the molecule is CCCNC(=O)c1c[nH]c2ncc(-c3nn(Cc4ccon4)c4cc(Cl)ccc34)nc12. The smallest absolute Gasteiger partial charge is 0.255 e. The molecule has 9 nitrogen and oxygen atoms in total. The molecule has 0 saturated carbocycles. The average Bonchev–Trinajstić information content (AvgIpc) is 3.51. The number of amides is 1. The van der Waals surface area contributed by atoms with Gasteiger partial charge in [-0.05, 0) is 24.6 Å². The molecule has 10 heteroatoms. The molecule has 0 atom stereocenters. The van der Waals surface area contributed by atoms with E-state index in [1.54, 1.807) is 29.2 Å². The number of fused-ring (bicyclic) bond motifs is 2. The predicted octanol–water partition coefficient (Wildman–Crippen LogP) is 3.80. The number of rotatable bonds is 6. The third-order valence-corrected chi connectivity index (χ3v) is 5.16. The second kappa shape index (κ2) is 7.84. The number of H-pyrrole nitrogens is 1. The minimum Gasteiger partial charge on any atom is -0.364 e. The number of halogens is 1. The summed E-state index contributed by atoms with van der Waals surface area (Å²) in [7, 11) is 0. The maximum atomic E-state index is 12.5. The maximum Gasteiger partial charge on any atom is 0.255 e. The Balaban J connectivity index is 1.62. The Morgan fingerprint density at radius 3 is 3.03 bits per heavy atom. The first kappa shape index (κ1) is 19.3. The van der Waals surface area contributed by atoms with E-state index in [2.05, 4.69) is 20.4 Å². The number of aromatic nitrogens is 6. The molecular weight excluding hydrogens is 418 g/mol. The molecule has 0 radical (unpaired) electrons. The van der Waals surface area contributed by atoms with Gasteiger partial charge in [-0.25, -0.2) is 9.97 Å². The molecule has 0 unspecified atom stereocenters. The van der Waals surface area contributed by atoms with E-state index in [1.165, 1.54) is 6.26 Å². The molecule has 4 aromatic heterocycles. The zero-order valence-electron chi connectivity index (χ0n) is 16.6. The summed E-state index contributed by atoms with van der Waals surface area (Å²) in [5, 5.41) is 13.1. The normalized spacial score (nSPS) is 11.4. The van der Waals surface area contributed by atoms with Crippen LogP contribution in [0.5, 0.6) is 0 Å². The lowest BCUT2D eigenvalue weighted by Gasteiger charge is -2.02. The summed E-state index contributed by atoms with van der Waals surface area (Å²) >= 11 is 6.24. The molecule has 0 aliphatic heterocycles. The van der Waals surface area contributed by atoms with Crippen molar-refractivity contribution in [2.24, 2.45) is 0 Å². The molecule has 1 aromatic carbocycles. The Hall–Kier alpha value is -3.72. The lowest BCUT2D eigenvalue weighted by Crippen LogP contribution is -2.23. The first-order valence-electron chi connectivity index (χ1n) is 9.82. The lowest BCUT2D eigenvalue weighted by atomic mass is 10.1. The van der Waals surface area contributed by atoms with Gasteiger partial charge in [0.15, 0.2) is 5.65 Å². The zero-order chi connectivity index (χ0) is 21.4. The van der Waals surface area contributed by atoms with Crippen LogP contribution in [0, 0.1) is 0 Å². The van der Waals surface area contributed by atoms with Crippen LogP contribution in [0.2, 0.25) is 5.02 Å². The van der Waals surface area contributed by atoms with Crippen LogP contribution in [-0.4, -0.2) is 42.3 Å². The van der Waals surface area contributed by atoms with Gasteiger partial charge in [0.1, 0.15) is 28.9 Å². The molecule has 5 rings (SSSR count). The zero-order valence-corrected chi connectivity index (χ0v) is 17.3. The van der Waals surface area contributed by atoms with Crippen LogP contribution in [0.4, 0.5) is 0 Å². The van der Waals surface area contributed by atoms with E-state index < -0.39 is 0 Å². The molecule has 156 valence electrons. The molecule has 0 aliphatic rings. The Bertz CT molecular complexity index is 1390. The molecule has 1 amide bonds.